The molecule has 0 fully saturated rings. The normalized spacial score (nSPS) is 16.5. The first-order valence-corrected chi connectivity index (χ1v) is 19.1. The summed E-state index contributed by atoms with van der Waals surface area (Å²) < 4.78 is 12.9. The monoisotopic (exact) mass is 699 g/mol. The number of nitrogens with zero attached hydrogens (tertiary/aromatic N) is 2. The minimum absolute atomic E-state index is 0.107. The molecule has 0 saturated carbocycles. The summed E-state index contributed by atoms with van der Waals surface area (Å²) in [6.07, 6.45) is 24.6. The molecule has 2 aromatic heterocycles. The molecule has 8 nitrogen and oxygen atoms in total. The molecule has 0 aliphatic carbocycles. The first-order valence-electron chi connectivity index (χ1n) is 18.7. The average molecular weight is 700 g/mol. The van der Waals surface area contributed by atoms with Crippen LogP contribution in [-0.4, -0.2) is 32.3 Å². The van der Waals surface area contributed by atoms with Gasteiger partial charge in [-0.1, -0.05) is 83.6 Å². The quantitative estimate of drug-likeness (QED) is 0.0460. The number of pyridine rings is 2. The van der Waals surface area contributed by atoms with Crippen molar-refractivity contribution in [2.45, 2.75) is 129 Å². The summed E-state index contributed by atoms with van der Waals surface area (Å²) in [4.78, 5) is 31.1. The second kappa shape index (κ2) is 17.9. The van der Waals surface area contributed by atoms with Crippen LogP contribution in [0.15, 0.2) is 53.4 Å². The van der Waals surface area contributed by atoms with Gasteiger partial charge in [-0.25, -0.2) is 9.78 Å². The Balaban J connectivity index is 1.10. The van der Waals surface area contributed by atoms with Crippen molar-refractivity contribution >= 4 is 34.3 Å². The van der Waals surface area contributed by atoms with Crippen molar-refractivity contribution in [1.82, 2.24) is 14.9 Å². The van der Waals surface area contributed by atoms with Gasteiger partial charge in [0.15, 0.2) is 5.60 Å². The van der Waals surface area contributed by atoms with E-state index < -0.39 is 11.6 Å². The van der Waals surface area contributed by atoms with E-state index in [0.717, 1.165) is 54.3 Å². The maximum Gasteiger partial charge on any atom is 0.343 e. The fourth-order valence-corrected chi connectivity index (χ4v) is 7.25. The number of benzene rings is 1. The Kier molecular flexibility index (Phi) is 13.4. The molecule has 1 aromatic carbocycles. The Morgan fingerprint density at radius 1 is 0.980 bits per heavy atom. The highest BCUT2D eigenvalue weighted by atomic mass is 32.1. The van der Waals surface area contributed by atoms with Crippen LogP contribution in [0, 0.1) is 0 Å². The van der Waals surface area contributed by atoms with Gasteiger partial charge in [0.2, 0.25) is 0 Å². The van der Waals surface area contributed by atoms with Crippen molar-refractivity contribution in [3.8, 4) is 17.1 Å². The minimum Gasteiger partial charge on any atom is -0.458 e. The van der Waals surface area contributed by atoms with Crippen molar-refractivity contribution in [3.63, 3.8) is 0 Å². The van der Waals surface area contributed by atoms with Gasteiger partial charge < -0.3 is 24.5 Å². The maximum atomic E-state index is 13.6. The first-order chi connectivity index (χ1) is 24.3. The fourth-order valence-electron chi connectivity index (χ4n) is 7.05. The second-order valence-corrected chi connectivity index (χ2v) is 13.8. The van der Waals surface area contributed by atoms with Gasteiger partial charge in [-0.3, -0.25) is 4.79 Å². The van der Waals surface area contributed by atoms with Gasteiger partial charge in [0.25, 0.3) is 10.7 Å². The molecule has 4 heterocycles. The van der Waals surface area contributed by atoms with Gasteiger partial charge in [-0.2, -0.15) is 0 Å². The van der Waals surface area contributed by atoms with E-state index in [2.05, 4.69) is 43.5 Å². The van der Waals surface area contributed by atoms with Crippen LogP contribution in [0.25, 0.3) is 22.3 Å². The van der Waals surface area contributed by atoms with Gasteiger partial charge in [0.1, 0.15) is 12.4 Å². The van der Waals surface area contributed by atoms with Crippen molar-refractivity contribution < 1.29 is 19.4 Å². The summed E-state index contributed by atoms with van der Waals surface area (Å²) in [5, 5.41) is 15.7. The second-order valence-electron chi connectivity index (χ2n) is 13.5. The molecule has 268 valence electrons. The number of cyclic esters (lactones) is 1. The average Bonchev–Trinajstić information content (AvgIpc) is 3.48. The Morgan fingerprint density at radius 3 is 2.42 bits per heavy atom. The smallest absolute Gasteiger partial charge is 0.343 e. The van der Waals surface area contributed by atoms with E-state index in [-0.39, 0.29) is 18.6 Å². The first kappa shape index (κ1) is 37.4. The van der Waals surface area contributed by atoms with Crippen LogP contribution >= 0.6 is 12.2 Å². The van der Waals surface area contributed by atoms with Crippen molar-refractivity contribution in [3.05, 3.63) is 81.2 Å². The molecule has 0 spiro atoms. The Morgan fingerprint density at radius 2 is 1.70 bits per heavy atom. The number of allylic oxidation sites excluding steroid dienone is 4. The summed E-state index contributed by atoms with van der Waals surface area (Å²) in [6.45, 7) is 7.02. The van der Waals surface area contributed by atoms with E-state index in [1.165, 1.54) is 57.8 Å². The van der Waals surface area contributed by atoms with E-state index in [1.807, 2.05) is 18.2 Å². The van der Waals surface area contributed by atoms with E-state index in [4.69, 9.17) is 26.7 Å². The van der Waals surface area contributed by atoms with Crippen LogP contribution in [0.2, 0.25) is 0 Å². The summed E-state index contributed by atoms with van der Waals surface area (Å²) in [6, 6.07) is 7.49. The number of aryl methyl sites for hydroxylation is 1. The molecule has 3 aromatic rings. The van der Waals surface area contributed by atoms with E-state index in [9.17, 15) is 14.7 Å². The van der Waals surface area contributed by atoms with Crippen LogP contribution < -0.4 is 15.6 Å². The van der Waals surface area contributed by atoms with E-state index in [0.29, 0.717) is 40.0 Å². The van der Waals surface area contributed by atoms with Gasteiger partial charge in [0.05, 0.1) is 29.0 Å². The minimum atomic E-state index is -1.85. The predicted octanol–water partition coefficient (Wildman–Crippen LogP) is 8.71. The molecular formula is C41H53N3O5S. The molecule has 2 N–H and O–H groups in total. The Bertz CT molecular complexity index is 1800. The number of aromatic nitrogens is 2. The lowest BCUT2D eigenvalue weighted by molar-refractivity contribution is -0.172. The van der Waals surface area contributed by atoms with E-state index in [1.54, 1.807) is 17.6 Å². The van der Waals surface area contributed by atoms with Crippen LogP contribution in [0.5, 0.6) is 5.75 Å². The van der Waals surface area contributed by atoms with Gasteiger partial charge in [0, 0.05) is 23.1 Å². The third-order valence-electron chi connectivity index (χ3n) is 9.99. The number of aliphatic hydroxyl groups is 1. The molecule has 9 heteroatoms. The SMILES string of the molecule is CCCCC/C=C\C/C=C\CCCCCCCCNC(=S)Oc1ccc2nc3c(c(CC)c2c1)Cn1c-3cc2c(c1=O)COC(=O)[C@]2(O)CC. The maximum absolute atomic E-state index is 13.6. The molecule has 0 unspecified atom stereocenters. The number of carbonyl (C=O) groups excluding carboxylic acids is 1. The third kappa shape index (κ3) is 8.55. The number of hydrogen-bond acceptors (Lipinski definition) is 7. The van der Waals surface area contributed by atoms with Crippen LogP contribution in [0.1, 0.15) is 126 Å². The van der Waals surface area contributed by atoms with Crippen molar-refractivity contribution in [2.24, 2.45) is 0 Å². The molecule has 2 aliphatic heterocycles. The highest BCUT2D eigenvalue weighted by Gasteiger charge is 2.45. The van der Waals surface area contributed by atoms with E-state index >= 15 is 0 Å². The van der Waals surface area contributed by atoms with Crippen molar-refractivity contribution in [1.29, 1.82) is 0 Å². The molecule has 5 rings (SSSR count). The Labute approximate surface area is 302 Å². The Hall–Kier alpha value is -3.82. The van der Waals surface area contributed by atoms with Crippen molar-refractivity contribution in [2.75, 3.05) is 6.54 Å². The van der Waals surface area contributed by atoms with Crippen LogP contribution in [0.3, 0.4) is 0 Å². The van der Waals surface area contributed by atoms with Crippen LogP contribution in [-0.2, 0) is 34.7 Å². The predicted molar refractivity (Wildman–Crippen MR) is 204 cm³/mol. The number of carbonyl (C=O) groups is 1. The molecular weight excluding hydrogens is 647 g/mol. The molecule has 50 heavy (non-hydrogen) atoms. The summed E-state index contributed by atoms with van der Waals surface area (Å²) in [5.74, 6) is -0.0902. The largest absolute Gasteiger partial charge is 0.458 e. The number of esters is 1. The zero-order valence-electron chi connectivity index (χ0n) is 30.0. The highest BCUT2D eigenvalue weighted by Crippen LogP contribution is 2.40. The van der Waals surface area contributed by atoms with Gasteiger partial charge in [-0.05, 0) is 93.4 Å². The molecule has 1 atom stereocenters. The number of unbranched alkanes of at least 4 members (excludes halogenated alkanes) is 9. The standard InChI is InChI=1S/C41H53N3O5S/c1-4-7-8-9-10-11-12-13-14-15-16-17-18-19-20-21-24-42-40(50)49-29-22-23-35-31(25-29)30(5-2)32-27-44-36(37(32)43-35)26-34-33(38(44)45)28-48-39(46)41(34,47)6-3/h10-11,13-14,22-23,25-26,47H,4-9,12,15-21,24,27-28H2,1-3H3,(H,42,50)/b11-10-,14-13-/t41-/m0/s1. The topological polar surface area (TPSA) is 103 Å². The van der Waals surface area contributed by atoms with Gasteiger partial charge in [-0.15, -0.1) is 0 Å². The summed E-state index contributed by atoms with van der Waals surface area (Å²) in [7, 11) is 0. The molecule has 0 radical (unpaired) electrons. The lowest BCUT2D eigenvalue weighted by atomic mass is 9.86. The zero-order chi connectivity index (χ0) is 35.5. The zero-order valence-corrected chi connectivity index (χ0v) is 30.8. The molecule has 2 aliphatic rings. The number of thiocarbonyl (C=S) groups is 1. The molecule has 0 saturated heterocycles. The third-order valence-corrected chi connectivity index (χ3v) is 10.2. The lowest BCUT2D eigenvalue weighted by Crippen LogP contribution is -2.44. The lowest BCUT2D eigenvalue weighted by Gasteiger charge is -2.31. The fraction of sp³-hybridized carbons (Fsp3) is 0.512. The molecule has 0 amide bonds. The summed E-state index contributed by atoms with van der Waals surface area (Å²) >= 11 is 5.51. The molecule has 0 bridgehead atoms. The number of rotatable bonds is 18. The highest BCUT2D eigenvalue weighted by molar-refractivity contribution is 7.80. The number of fused-ring (bicyclic) bond motifs is 5. The number of nitrogens with one attached hydrogen (secondary N) is 1. The number of hydrogen-bond donors (Lipinski definition) is 2. The van der Waals surface area contributed by atoms with Gasteiger partial charge >= 0.3 is 5.97 Å². The van der Waals surface area contributed by atoms with Crippen LogP contribution in [0.4, 0.5) is 0 Å². The summed E-state index contributed by atoms with van der Waals surface area (Å²) in [5.41, 5.74) is 2.65. The number of ether oxygens (including phenoxy) is 2.